The number of hydrogen-bond acceptors (Lipinski definition) is 5. The molecule has 0 saturated carbocycles. The monoisotopic (exact) mass is 289 g/mol. The van der Waals surface area contributed by atoms with Gasteiger partial charge >= 0.3 is 6.29 Å². The zero-order chi connectivity index (χ0) is 15.0. The summed E-state index contributed by atoms with van der Waals surface area (Å²) < 4.78 is 34.5. The lowest BCUT2D eigenvalue weighted by atomic mass is 10.1. The Morgan fingerprint density at radius 3 is 2.43 bits per heavy atom. The van der Waals surface area contributed by atoms with Crippen molar-refractivity contribution in [3.05, 3.63) is 42.0 Å². The van der Waals surface area contributed by atoms with E-state index in [0.717, 1.165) is 0 Å². The van der Waals surface area contributed by atoms with E-state index in [9.17, 15) is 8.78 Å². The molecule has 0 amide bonds. The van der Waals surface area contributed by atoms with Gasteiger partial charge in [-0.15, -0.1) is 8.78 Å². The highest BCUT2D eigenvalue weighted by molar-refractivity contribution is 5.69. The second-order valence-corrected chi connectivity index (χ2v) is 4.37. The summed E-state index contributed by atoms with van der Waals surface area (Å²) in [5, 5.41) is 11.8. The topological polar surface area (TPSA) is 80.3 Å². The number of benzene rings is 2. The fourth-order valence-electron chi connectivity index (χ4n) is 1.94. The van der Waals surface area contributed by atoms with Crippen LogP contribution in [0.25, 0.3) is 0 Å². The van der Waals surface area contributed by atoms with Crippen molar-refractivity contribution < 1.29 is 18.3 Å². The fourth-order valence-corrected chi connectivity index (χ4v) is 1.94. The van der Waals surface area contributed by atoms with Crippen LogP contribution in [0.3, 0.4) is 0 Å². The molecule has 0 bridgehead atoms. The number of ether oxygens (including phenoxy) is 2. The molecule has 0 atom stereocenters. The molecule has 0 saturated heterocycles. The van der Waals surface area contributed by atoms with Crippen LogP contribution in [0.2, 0.25) is 0 Å². The molecule has 2 aromatic rings. The van der Waals surface area contributed by atoms with Gasteiger partial charge in [-0.2, -0.15) is 5.26 Å². The van der Waals surface area contributed by atoms with E-state index in [2.05, 4.69) is 14.8 Å². The molecule has 0 fully saturated rings. The molecule has 0 aromatic heterocycles. The quantitative estimate of drug-likeness (QED) is 0.830. The smallest absolute Gasteiger partial charge is 0.398 e. The Morgan fingerprint density at radius 2 is 1.71 bits per heavy atom. The number of hydrogen-bond donors (Lipinski definition) is 2. The molecular formula is C14H9F2N3O2. The Bertz CT molecular complexity index is 756. The van der Waals surface area contributed by atoms with E-state index >= 15 is 0 Å². The van der Waals surface area contributed by atoms with E-state index in [0.29, 0.717) is 22.6 Å². The molecule has 0 radical (unpaired) electrons. The summed E-state index contributed by atoms with van der Waals surface area (Å²) in [6.45, 7) is 0. The van der Waals surface area contributed by atoms with Gasteiger partial charge in [0.15, 0.2) is 11.5 Å². The first-order chi connectivity index (χ1) is 9.97. The number of alkyl halides is 2. The number of halogens is 2. The molecule has 1 aliphatic rings. The zero-order valence-electron chi connectivity index (χ0n) is 10.6. The standard InChI is InChI=1S/C14H9F2N3O2/c15-14(16)20-12-4-3-10(6-13(12)21-14)19-9-2-1-8(7-17)11(18)5-9/h1-6,19H,18H2. The minimum Gasteiger partial charge on any atom is -0.398 e. The van der Waals surface area contributed by atoms with Gasteiger partial charge in [-0.1, -0.05) is 0 Å². The molecule has 2 aromatic carbocycles. The van der Waals surface area contributed by atoms with E-state index in [1.807, 2.05) is 6.07 Å². The van der Waals surface area contributed by atoms with Crippen LogP contribution in [0.5, 0.6) is 11.5 Å². The van der Waals surface area contributed by atoms with Crippen LogP contribution in [-0.2, 0) is 0 Å². The van der Waals surface area contributed by atoms with Gasteiger partial charge in [-0.3, -0.25) is 0 Å². The lowest BCUT2D eigenvalue weighted by Gasteiger charge is -2.08. The predicted octanol–water partition coefficient (Wildman–Crippen LogP) is 3.21. The molecule has 7 heteroatoms. The maximum atomic E-state index is 12.9. The van der Waals surface area contributed by atoms with Gasteiger partial charge in [0.25, 0.3) is 0 Å². The normalized spacial score (nSPS) is 14.5. The summed E-state index contributed by atoms with van der Waals surface area (Å²) in [6, 6.07) is 11.1. The van der Waals surface area contributed by atoms with Gasteiger partial charge in [-0.25, -0.2) is 0 Å². The molecule has 5 nitrogen and oxygen atoms in total. The van der Waals surface area contributed by atoms with Crippen LogP contribution >= 0.6 is 0 Å². The lowest BCUT2D eigenvalue weighted by Crippen LogP contribution is -2.25. The minimum absolute atomic E-state index is 0.0232. The number of rotatable bonds is 2. The molecule has 3 N–H and O–H groups in total. The van der Waals surface area contributed by atoms with Crippen LogP contribution in [0, 0.1) is 11.3 Å². The Hall–Kier alpha value is -3.01. The van der Waals surface area contributed by atoms with Gasteiger partial charge in [0.2, 0.25) is 0 Å². The number of nitrogens with zero attached hydrogens (tertiary/aromatic N) is 1. The summed E-state index contributed by atoms with van der Waals surface area (Å²) in [6.07, 6.45) is -3.64. The van der Waals surface area contributed by atoms with Gasteiger partial charge < -0.3 is 20.5 Å². The Morgan fingerprint density at radius 1 is 1.05 bits per heavy atom. The first-order valence-electron chi connectivity index (χ1n) is 5.93. The predicted molar refractivity (Wildman–Crippen MR) is 71.5 cm³/mol. The highest BCUT2D eigenvalue weighted by Gasteiger charge is 2.43. The van der Waals surface area contributed by atoms with E-state index in [4.69, 9.17) is 11.0 Å². The first-order valence-corrected chi connectivity index (χ1v) is 5.93. The summed E-state index contributed by atoms with van der Waals surface area (Å²) in [7, 11) is 0. The van der Waals surface area contributed by atoms with Crippen LogP contribution in [0.4, 0.5) is 25.8 Å². The second kappa shape index (κ2) is 4.52. The zero-order valence-corrected chi connectivity index (χ0v) is 10.6. The molecule has 3 rings (SSSR count). The average molecular weight is 289 g/mol. The Balaban J connectivity index is 1.84. The van der Waals surface area contributed by atoms with Gasteiger partial charge in [0.05, 0.1) is 11.3 Å². The van der Waals surface area contributed by atoms with E-state index in [-0.39, 0.29) is 11.5 Å². The third-order valence-corrected chi connectivity index (χ3v) is 2.86. The number of nitrogen functional groups attached to an aromatic ring is 1. The summed E-state index contributed by atoms with van der Waals surface area (Å²) in [5.74, 6) is -0.0727. The first kappa shape index (κ1) is 13.0. The molecule has 1 aliphatic heterocycles. The number of nitrogens with one attached hydrogen (secondary N) is 1. The maximum absolute atomic E-state index is 12.9. The molecule has 21 heavy (non-hydrogen) atoms. The molecule has 1 heterocycles. The van der Waals surface area contributed by atoms with E-state index < -0.39 is 6.29 Å². The fraction of sp³-hybridized carbons (Fsp3) is 0.0714. The van der Waals surface area contributed by atoms with Crippen molar-refractivity contribution in [2.24, 2.45) is 0 Å². The number of nitriles is 1. The minimum atomic E-state index is -3.64. The van der Waals surface area contributed by atoms with Crippen molar-refractivity contribution in [3.8, 4) is 17.6 Å². The average Bonchev–Trinajstić information content (AvgIpc) is 2.72. The molecule has 106 valence electrons. The van der Waals surface area contributed by atoms with Crippen LogP contribution in [0.1, 0.15) is 5.56 Å². The van der Waals surface area contributed by atoms with Crippen molar-refractivity contribution in [2.75, 3.05) is 11.1 Å². The summed E-state index contributed by atoms with van der Waals surface area (Å²) in [5.41, 5.74) is 7.55. The van der Waals surface area contributed by atoms with E-state index in [1.165, 1.54) is 12.1 Å². The van der Waals surface area contributed by atoms with Gasteiger partial charge in [0.1, 0.15) is 6.07 Å². The second-order valence-electron chi connectivity index (χ2n) is 4.37. The summed E-state index contributed by atoms with van der Waals surface area (Å²) in [4.78, 5) is 0. The van der Waals surface area contributed by atoms with Crippen molar-refractivity contribution in [3.63, 3.8) is 0 Å². The molecule has 0 unspecified atom stereocenters. The molecule has 0 spiro atoms. The van der Waals surface area contributed by atoms with E-state index in [1.54, 1.807) is 24.3 Å². The third-order valence-electron chi connectivity index (χ3n) is 2.86. The van der Waals surface area contributed by atoms with Gasteiger partial charge in [0, 0.05) is 17.4 Å². The van der Waals surface area contributed by atoms with Crippen LogP contribution in [-0.4, -0.2) is 6.29 Å². The summed E-state index contributed by atoms with van der Waals surface area (Å²) >= 11 is 0. The third kappa shape index (κ3) is 2.51. The number of fused-ring (bicyclic) bond motifs is 1. The van der Waals surface area contributed by atoms with Crippen LogP contribution < -0.4 is 20.5 Å². The SMILES string of the molecule is N#Cc1ccc(Nc2ccc3c(c2)OC(F)(F)O3)cc1N. The Labute approximate surface area is 118 Å². The Kier molecular flexibility index (Phi) is 2.80. The number of anilines is 3. The lowest BCUT2D eigenvalue weighted by molar-refractivity contribution is -0.286. The van der Waals surface area contributed by atoms with Crippen molar-refractivity contribution in [1.29, 1.82) is 5.26 Å². The molecule has 0 aliphatic carbocycles. The van der Waals surface area contributed by atoms with Crippen molar-refractivity contribution in [2.45, 2.75) is 6.29 Å². The van der Waals surface area contributed by atoms with Crippen LogP contribution in [0.15, 0.2) is 36.4 Å². The van der Waals surface area contributed by atoms with Crippen molar-refractivity contribution >= 4 is 17.1 Å². The number of nitrogens with two attached hydrogens (primary N) is 1. The highest BCUT2D eigenvalue weighted by Crippen LogP contribution is 2.42. The maximum Gasteiger partial charge on any atom is 0.586 e. The highest BCUT2D eigenvalue weighted by atomic mass is 19.3. The molecular weight excluding hydrogens is 280 g/mol. The largest absolute Gasteiger partial charge is 0.586 e. The van der Waals surface area contributed by atoms with Gasteiger partial charge in [-0.05, 0) is 30.3 Å². The van der Waals surface area contributed by atoms with Crippen molar-refractivity contribution in [1.82, 2.24) is 0 Å².